The van der Waals surface area contributed by atoms with Crippen molar-refractivity contribution in [3.8, 4) is 11.5 Å². The van der Waals surface area contributed by atoms with Crippen molar-refractivity contribution in [2.24, 2.45) is 15.1 Å². The first-order valence-corrected chi connectivity index (χ1v) is 8.35. The number of ether oxygens (including phenoxy) is 2. The summed E-state index contributed by atoms with van der Waals surface area (Å²) in [6.45, 7) is 0. The Morgan fingerprint density at radius 3 is 2.50 bits per heavy atom. The number of methoxy groups -OCH3 is 2. The van der Waals surface area contributed by atoms with Crippen LogP contribution in [0.25, 0.3) is 0 Å². The summed E-state index contributed by atoms with van der Waals surface area (Å²) in [5.74, 6) is 0.696. The molecule has 126 valence electrons. The fraction of sp³-hybridized carbons (Fsp3) is 0.214. The Morgan fingerprint density at radius 1 is 1.17 bits per heavy atom. The van der Waals surface area contributed by atoms with E-state index in [-0.39, 0.29) is 28.8 Å². The molecule has 3 N–H and O–H groups in total. The minimum atomic E-state index is -4.03. The standard InChI is InChI=1S/C14H14N4O5S/c1-22-9-6-10(23-2)11(24(15,20)21)5-7(9)13-16-8-3-4-12(19)17-14(8)18-13/h3,5-6H,4H2,1-2H3,(H2,15,20,21)(H,16,17,18,19). The smallest absolute Gasteiger partial charge is 0.241 e. The van der Waals surface area contributed by atoms with Crippen molar-refractivity contribution in [2.45, 2.75) is 11.3 Å². The topological polar surface area (TPSA) is 132 Å². The lowest BCUT2D eigenvalue weighted by atomic mass is 10.1. The Kier molecular flexibility index (Phi) is 3.85. The molecule has 0 saturated carbocycles. The van der Waals surface area contributed by atoms with Gasteiger partial charge >= 0.3 is 0 Å². The first kappa shape index (κ1) is 16.1. The zero-order valence-electron chi connectivity index (χ0n) is 12.9. The van der Waals surface area contributed by atoms with Crippen molar-refractivity contribution in [1.29, 1.82) is 0 Å². The molecule has 0 radical (unpaired) electrons. The number of rotatable bonds is 4. The van der Waals surface area contributed by atoms with Crippen LogP contribution in [0.4, 0.5) is 0 Å². The summed E-state index contributed by atoms with van der Waals surface area (Å²) in [6, 6.07) is 2.68. The Hall–Kier alpha value is -2.72. The molecule has 3 rings (SSSR count). The number of fused-ring (bicyclic) bond motifs is 1. The lowest BCUT2D eigenvalue weighted by Gasteiger charge is -2.12. The second-order valence-electron chi connectivity index (χ2n) is 4.99. The molecule has 24 heavy (non-hydrogen) atoms. The molecule has 0 aliphatic carbocycles. The molecule has 2 aliphatic heterocycles. The first-order chi connectivity index (χ1) is 11.3. The summed E-state index contributed by atoms with van der Waals surface area (Å²) in [5, 5.41) is 7.84. The molecule has 0 spiro atoms. The van der Waals surface area contributed by atoms with E-state index in [1.165, 1.54) is 26.4 Å². The van der Waals surface area contributed by atoms with Gasteiger partial charge in [0.1, 0.15) is 22.1 Å². The molecule has 2 heterocycles. The minimum Gasteiger partial charge on any atom is -0.496 e. The number of nitrogens with zero attached hydrogens (tertiary/aromatic N) is 2. The molecule has 0 atom stereocenters. The first-order valence-electron chi connectivity index (χ1n) is 6.80. The zero-order valence-corrected chi connectivity index (χ0v) is 13.7. The van der Waals surface area contributed by atoms with Gasteiger partial charge < -0.3 is 14.8 Å². The van der Waals surface area contributed by atoms with Crippen LogP contribution in [0, 0.1) is 0 Å². The molecular weight excluding hydrogens is 336 g/mol. The third-order valence-corrected chi connectivity index (χ3v) is 4.39. The molecule has 0 aromatic heterocycles. The van der Waals surface area contributed by atoms with Gasteiger partial charge in [-0.05, 0) is 12.1 Å². The number of nitrogens with two attached hydrogens (primary N) is 1. The van der Waals surface area contributed by atoms with Crippen LogP contribution in [-0.2, 0) is 14.8 Å². The van der Waals surface area contributed by atoms with Crippen molar-refractivity contribution in [2.75, 3.05) is 14.2 Å². The van der Waals surface area contributed by atoms with E-state index >= 15 is 0 Å². The summed E-state index contributed by atoms with van der Waals surface area (Å²) in [7, 11) is -1.28. The molecule has 1 aromatic carbocycles. The number of amidine groups is 2. The average Bonchev–Trinajstić information content (AvgIpc) is 2.95. The second kappa shape index (κ2) is 5.73. The molecular formula is C14H14N4O5S. The monoisotopic (exact) mass is 350 g/mol. The van der Waals surface area contributed by atoms with Gasteiger partial charge in [-0.25, -0.2) is 23.5 Å². The summed E-state index contributed by atoms with van der Waals surface area (Å²) < 4.78 is 33.9. The lowest BCUT2D eigenvalue weighted by molar-refractivity contribution is -0.119. The van der Waals surface area contributed by atoms with Gasteiger partial charge in [0.05, 0.1) is 19.8 Å². The Labute approximate surface area is 137 Å². The second-order valence-corrected chi connectivity index (χ2v) is 6.52. The van der Waals surface area contributed by atoms with Crippen LogP contribution in [0.3, 0.4) is 0 Å². The largest absolute Gasteiger partial charge is 0.496 e. The maximum absolute atomic E-state index is 11.8. The maximum Gasteiger partial charge on any atom is 0.241 e. The van der Waals surface area contributed by atoms with Crippen LogP contribution in [-0.4, -0.2) is 40.2 Å². The van der Waals surface area contributed by atoms with E-state index < -0.39 is 10.0 Å². The van der Waals surface area contributed by atoms with E-state index in [4.69, 9.17) is 14.6 Å². The third kappa shape index (κ3) is 2.76. The summed E-state index contributed by atoms with van der Waals surface area (Å²) in [6.07, 6.45) is 1.84. The van der Waals surface area contributed by atoms with Gasteiger partial charge in [0.2, 0.25) is 15.9 Å². The zero-order chi connectivity index (χ0) is 17.5. The summed E-state index contributed by atoms with van der Waals surface area (Å²) >= 11 is 0. The normalized spacial score (nSPS) is 16.6. The van der Waals surface area contributed by atoms with Crippen LogP contribution in [0.2, 0.25) is 0 Å². The van der Waals surface area contributed by atoms with Crippen LogP contribution >= 0.6 is 0 Å². The lowest BCUT2D eigenvalue weighted by Crippen LogP contribution is -2.33. The Morgan fingerprint density at radius 2 is 1.88 bits per heavy atom. The average molecular weight is 350 g/mol. The molecule has 10 heteroatoms. The number of primary sulfonamides is 1. The maximum atomic E-state index is 11.8. The van der Waals surface area contributed by atoms with Crippen LogP contribution in [0.1, 0.15) is 12.0 Å². The number of benzene rings is 1. The molecule has 0 unspecified atom stereocenters. The van der Waals surface area contributed by atoms with E-state index in [9.17, 15) is 13.2 Å². The highest BCUT2D eigenvalue weighted by Gasteiger charge is 2.27. The van der Waals surface area contributed by atoms with Crippen molar-refractivity contribution >= 4 is 27.6 Å². The van der Waals surface area contributed by atoms with E-state index in [1.807, 2.05) is 0 Å². The predicted molar refractivity (Wildman–Crippen MR) is 85.7 cm³/mol. The number of sulfonamides is 1. The molecule has 0 fully saturated rings. The van der Waals surface area contributed by atoms with Gasteiger partial charge in [0.15, 0.2) is 11.7 Å². The highest BCUT2D eigenvalue weighted by Crippen LogP contribution is 2.33. The fourth-order valence-corrected chi connectivity index (χ4v) is 3.05. The number of nitrogens with one attached hydrogen (secondary N) is 1. The molecule has 1 amide bonds. The molecule has 2 aliphatic rings. The van der Waals surface area contributed by atoms with Gasteiger partial charge in [-0.2, -0.15) is 0 Å². The summed E-state index contributed by atoms with van der Waals surface area (Å²) in [4.78, 5) is 19.7. The highest BCUT2D eigenvalue weighted by atomic mass is 32.2. The molecule has 1 aromatic rings. The highest BCUT2D eigenvalue weighted by molar-refractivity contribution is 7.89. The Balaban J connectivity index is 2.17. The van der Waals surface area contributed by atoms with E-state index in [2.05, 4.69) is 15.3 Å². The number of hydrogen-bond donors (Lipinski definition) is 2. The van der Waals surface area contributed by atoms with Crippen LogP contribution < -0.4 is 19.9 Å². The van der Waals surface area contributed by atoms with E-state index in [0.29, 0.717) is 22.8 Å². The van der Waals surface area contributed by atoms with Gasteiger partial charge in [-0.3, -0.25) is 4.79 Å². The van der Waals surface area contributed by atoms with Crippen molar-refractivity contribution in [1.82, 2.24) is 5.32 Å². The van der Waals surface area contributed by atoms with Crippen molar-refractivity contribution in [3.05, 3.63) is 29.5 Å². The fourth-order valence-electron chi connectivity index (χ4n) is 2.35. The van der Waals surface area contributed by atoms with Gasteiger partial charge in [-0.15, -0.1) is 0 Å². The molecule has 0 bridgehead atoms. The minimum absolute atomic E-state index is 0.0503. The third-order valence-electron chi connectivity index (χ3n) is 3.46. The predicted octanol–water partition coefficient (Wildman–Crippen LogP) is -0.0863. The van der Waals surface area contributed by atoms with E-state index in [0.717, 1.165) is 0 Å². The van der Waals surface area contributed by atoms with Crippen LogP contribution in [0.15, 0.2) is 38.8 Å². The van der Waals surface area contributed by atoms with Gasteiger partial charge in [0.25, 0.3) is 0 Å². The number of carbonyl (C=O) groups is 1. The number of hydrogen-bond acceptors (Lipinski definition) is 7. The number of aliphatic imine (C=N–C) groups is 2. The number of carbonyl (C=O) groups excluding carboxylic acids is 1. The van der Waals surface area contributed by atoms with Crippen molar-refractivity contribution < 1.29 is 22.7 Å². The van der Waals surface area contributed by atoms with Gasteiger partial charge in [0, 0.05) is 12.5 Å². The number of amides is 1. The van der Waals surface area contributed by atoms with Crippen molar-refractivity contribution in [3.63, 3.8) is 0 Å². The van der Waals surface area contributed by atoms with E-state index in [1.54, 1.807) is 6.08 Å². The quantitative estimate of drug-likeness (QED) is 0.783. The summed E-state index contributed by atoms with van der Waals surface area (Å²) in [5.41, 5.74) is 0.832. The SMILES string of the molecule is COc1cc(OC)c(S(N)(=O)=O)cc1C1=NC2=CCC(=O)NC2=N1. The van der Waals surface area contributed by atoms with Crippen LogP contribution in [0.5, 0.6) is 11.5 Å². The Bertz CT molecular complexity index is 931. The molecule has 0 saturated heterocycles. The molecule has 9 nitrogen and oxygen atoms in total. The van der Waals surface area contributed by atoms with Gasteiger partial charge in [-0.1, -0.05) is 0 Å².